The van der Waals surface area contributed by atoms with Gasteiger partial charge in [-0.1, -0.05) is 63.8 Å². The van der Waals surface area contributed by atoms with E-state index in [1.54, 1.807) is 0 Å². The first-order chi connectivity index (χ1) is 7.77. The second kappa shape index (κ2) is 13.2. The SMILES string of the molecule is CN(C)CCCCCCCCCCCC[SiH3]. The smallest absolute Gasteiger partial charge is 0.00279 e. The van der Waals surface area contributed by atoms with Gasteiger partial charge in [-0.2, -0.15) is 0 Å². The Labute approximate surface area is 106 Å². The van der Waals surface area contributed by atoms with E-state index in [0.717, 1.165) is 0 Å². The number of nitrogens with zero attached hydrogens (tertiary/aromatic N) is 1. The molecule has 0 unspecified atom stereocenters. The minimum Gasteiger partial charge on any atom is -0.309 e. The number of hydrogen-bond donors (Lipinski definition) is 0. The topological polar surface area (TPSA) is 3.24 Å². The standard InChI is InChI=1S/C14H33NSi/c1-15(2)13-11-9-7-5-3-4-6-8-10-12-14-16/h3-14H2,1-2,16H3. The highest BCUT2D eigenvalue weighted by Crippen LogP contribution is 2.11. The van der Waals surface area contributed by atoms with Gasteiger partial charge < -0.3 is 4.90 Å². The predicted octanol–water partition coefficient (Wildman–Crippen LogP) is 3.23. The number of hydrogen-bond acceptors (Lipinski definition) is 1. The summed E-state index contributed by atoms with van der Waals surface area (Å²) in [7, 11) is 5.74. The van der Waals surface area contributed by atoms with E-state index < -0.39 is 0 Å². The maximum Gasteiger partial charge on any atom is 0.00279 e. The van der Waals surface area contributed by atoms with E-state index in [9.17, 15) is 0 Å². The summed E-state index contributed by atoms with van der Waals surface area (Å²) in [5, 5.41) is 0. The van der Waals surface area contributed by atoms with E-state index in [0.29, 0.717) is 0 Å². The van der Waals surface area contributed by atoms with Gasteiger partial charge in [0.25, 0.3) is 0 Å². The third kappa shape index (κ3) is 14.2. The van der Waals surface area contributed by atoms with Gasteiger partial charge in [-0.15, -0.1) is 0 Å². The van der Waals surface area contributed by atoms with Crippen LogP contribution in [-0.4, -0.2) is 35.8 Å². The zero-order valence-corrected chi connectivity index (χ0v) is 13.9. The van der Waals surface area contributed by atoms with Gasteiger partial charge >= 0.3 is 0 Å². The predicted molar refractivity (Wildman–Crippen MR) is 79.5 cm³/mol. The molecule has 98 valence electrons. The summed E-state index contributed by atoms with van der Waals surface area (Å²) in [5.41, 5.74) is 0. The Hall–Kier alpha value is 0.177. The maximum absolute atomic E-state index is 2.29. The fourth-order valence-corrected chi connectivity index (χ4v) is 2.59. The molecule has 0 aliphatic heterocycles. The Morgan fingerprint density at radius 2 is 1.00 bits per heavy atom. The molecular weight excluding hydrogens is 210 g/mol. The van der Waals surface area contributed by atoms with Gasteiger partial charge in [0.15, 0.2) is 0 Å². The molecule has 0 aromatic heterocycles. The average molecular weight is 244 g/mol. The van der Waals surface area contributed by atoms with E-state index >= 15 is 0 Å². The van der Waals surface area contributed by atoms with Crippen LogP contribution >= 0.6 is 0 Å². The molecule has 0 aliphatic carbocycles. The summed E-state index contributed by atoms with van der Waals surface area (Å²) >= 11 is 0. The Balaban J connectivity index is 2.88. The second-order valence-corrected chi connectivity index (χ2v) is 6.34. The molecule has 0 radical (unpaired) electrons. The minimum absolute atomic E-state index is 1.26. The van der Waals surface area contributed by atoms with Crippen molar-refractivity contribution < 1.29 is 0 Å². The van der Waals surface area contributed by atoms with Crippen LogP contribution in [0.15, 0.2) is 0 Å². The highest BCUT2D eigenvalue weighted by atomic mass is 28.1. The van der Waals surface area contributed by atoms with Gasteiger partial charge in [-0.05, 0) is 27.1 Å². The van der Waals surface area contributed by atoms with Crippen LogP contribution in [0.3, 0.4) is 0 Å². The van der Waals surface area contributed by atoms with Crippen molar-refractivity contribution in [2.75, 3.05) is 20.6 Å². The summed E-state index contributed by atoms with van der Waals surface area (Å²) in [6.07, 6.45) is 14.7. The first-order valence-corrected chi connectivity index (χ1v) is 8.83. The first kappa shape index (κ1) is 16.2. The van der Waals surface area contributed by atoms with Crippen LogP contribution in [0.25, 0.3) is 0 Å². The fourth-order valence-electron chi connectivity index (χ4n) is 2.09. The molecule has 0 fully saturated rings. The Morgan fingerprint density at radius 1 is 0.625 bits per heavy atom. The van der Waals surface area contributed by atoms with Crippen molar-refractivity contribution in [2.45, 2.75) is 70.3 Å². The Bertz CT molecular complexity index is 126. The van der Waals surface area contributed by atoms with Crippen molar-refractivity contribution in [3.8, 4) is 0 Å². The lowest BCUT2D eigenvalue weighted by Gasteiger charge is -2.08. The molecule has 2 heteroatoms. The summed E-state index contributed by atoms with van der Waals surface area (Å²) in [5.74, 6) is 0. The molecular formula is C14H33NSi. The molecule has 0 rings (SSSR count). The summed E-state index contributed by atoms with van der Waals surface area (Å²) in [6.45, 7) is 1.26. The molecule has 0 atom stereocenters. The molecule has 0 amide bonds. The van der Waals surface area contributed by atoms with Crippen molar-refractivity contribution in [2.24, 2.45) is 0 Å². The van der Waals surface area contributed by atoms with Crippen molar-refractivity contribution in [1.82, 2.24) is 4.90 Å². The van der Waals surface area contributed by atoms with Gasteiger partial charge in [-0.25, -0.2) is 0 Å². The monoisotopic (exact) mass is 243 g/mol. The Morgan fingerprint density at radius 3 is 1.38 bits per heavy atom. The van der Waals surface area contributed by atoms with E-state index in [1.165, 1.54) is 87.0 Å². The molecule has 16 heavy (non-hydrogen) atoms. The van der Waals surface area contributed by atoms with Crippen LogP contribution < -0.4 is 0 Å². The van der Waals surface area contributed by atoms with Crippen LogP contribution in [0.4, 0.5) is 0 Å². The Kier molecular flexibility index (Phi) is 13.4. The lowest BCUT2D eigenvalue weighted by atomic mass is 10.1. The molecule has 0 spiro atoms. The largest absolute Gasteiger partial charge is 0.309 e. The van der Waals surface area contributed by atoms with Gasteiger partial charge in [0.2, 0.25) is 0 Å². The molecule has 0 saturated carbocycles. The molecule has 0 aromatic carbocycles. The summed E-state index contributed by atoms with van der Waals surface area (Å²) < 4.78 is 0. The van der Waals surface area contributed by atoms with Crippen molar-refractivity contribution >= 4 is 10.2 Å². The lowest BCUT2D eigenvalue weighted by Crippen LogP contribution is -2.12. The van der Waals surface area contributed by atoms with Gasteiger partial charge in [0.05, 0.1) is 0 Å². The summed E-state index contributed by atoms with van der Waals surface area (Å²) in [6, 6.07) is 1.51. The third-order valence-corrected chi connectivity index (χ3v) is 3.92. The van der Waals surface area contributed by atoms with Crippen LogP contribution in [0, 0.1) is 0 Å². The van der Waals surface area contributed by atoms with E-state index in [-0.39, 0.29) is 0 Å². The maximum atomic E-state index is 2.29. The normalized spacial score (nSPS) is 11.4. The van der Waals surface area contributed by atoms with E-state index in [4.69, 9.17) is 0 Å². The van der Waals surface area contributed by atoms with Crippen LogP contribution in [0.2, 0.25) is 6.04 Å². The average Bonchev–Trinajstić information content (AvgIpc) is 2.25. The highest BCUT2D eigenvalue weighted by molar-refractivity contribution is 6.08. The molecule has 0 bridgehead atoms. The van der Waals surface area contributed by atoms with Crippen LogP contribution in [-0.2, 0) is 0 Å². The summed E-state index contributed by atoms with van der Waals surface area (Å²) in [4.78, 5) is 2.29. The molecule has 0 saturated heterocycles. The van der Waals surface area contributed by atoms with Gasteiger partial charge in [0.1, 0.15) is 0 Å². The second-order valence-electron chi connectivity index (χ2n) is 5.34. The zero-order valence-electron chi connectivity index (χ0n) is 11.9. The lowest BCUT2D eigenvalue weighted by molar-refractivity contribution is 0.389. The number of unbranched alkanes of at least 4 members (excludes halogenated alkanes) is 9. The quantitative estimate of drug-likeness (QED) is 0.376. The number of rotatable bonds is 12. The molecule has 1 nitrogen and oxygen atoms in total. The molecule has 0 N–H and O–H groups in total. The van der Waals surface area contributed by atoms with Crippen LogP contribution in [0.5, 0.6) is 0 Å². The van der Waals surface area contributed by atoms with Gasteiger partial charge in [0, 0.05) is 10.2 Å². The fraction of sp³-hybridized carbons (Fsp3) is 1.00. The molecule has 0 aromatic rings. The van der Waals surface area contributed by atoms with E-state index in [1.807, 2.05) is 0 Å². The zero-order chi connectivity index (χ0) is 12.1. The van der Waals surface area contributed by atoms with Gasteiger partial charge in [-0.3, -0.25) is 0 Å². The van der Waals surface area contributed by atoms with Crippen molar-refractivity contribution in [1.29, 1.82) is 0 Å². The van der Waals surface area contributed by atoms with Crippen LogP contribution in [0.1, 0.15) is 64.2 Å². The molecule has 0 heterocycles. The third-order valence-electron chi connectivity index (χ3n) is 3.21. The molecule has 0 aliphatic rings. The first-order valence-electron chi connectivity index (χ1n) is 7.42. The minimum atomic E-state index is 1.26. The highest BCUT2D eigenvalue weighted by Gasteiger charge is 1.93. The van der Waals surface area contributed by atoms with Crippen molar-refractivity contribution in [3.05, 3.63) is 0 Å². The van der Waals surface area contributed by atoms with Crippen molar-refractivity contribution in [3.63, 3.8) is 0 Å². The van der Waals surface area contributed by atoms with E-state index in [2.05, 4.69) is 19.0 Å².